The second-order valence-electron chi connectivity index (χ2n) is 3.60. The Labute approximate surface area is 86.8 Å². The molecular formula is C9H14FNO4. The van der Waals surface area contributed by atoms with E-state index in [1.165, 1.54) is 6.92 Å². The number of carbonyl (C=O) groups excluding carboxylic acids is 1. The molecule has 2 N–H and O–H groups in total. The van der Waals surface area contributed by atoms with Crippen molar-refractivity contribution < 1.29 is 24.1 Å². The molecule has 0 spiro atoms. The zero-order valence-electron chi connectivity index (χ0n) is 8.34. The van der Waals surface area contributed by atoms with Gasteiger partial charge in [-0.3, -0.25) is 9.69 Å². The molecule has 1 aliphatic heterocycles. The molecule has 6 heteroatoms. The summed E-state index contributed by atoms with van der Waals surface area (Å²) < 4.78 is 18.7. The molecule has 1 heterocycles. The molecule has 1 saturated heterocycles. The van der Waals surface area contributed by atoms with Crippen LogP contribution in [0.15, 0.2) is 12.8 Å². The van der Waals surface area contributed by atoms with Crippen LogP contribution in [0.1, 0.15) is 6.92 Å². The van der Waals surface area contributed by atoms with Gasteiger partial charge in [-0.05, 0) is 6.92 Å². The highest BCUT2D eigenvalue weighted by Crippen LogP contribution is 2.33. The predicted molar refractivity (Wildman–Crippen MR) is 49.4 cm³/mol. The molecule has 1 fully saturated rings. The van der Waals surface area contributed by atoms with Crippen molar-refractivity contribution in [2.45, 2.75) is 31.0 Å². The van der Waals surface area contributed by atoms with Gasteiger partial charge >= 0.3 is 0 Å². The third-order valence-electron chi connectivity index (χ3n) is 2.53. The average molecular weight is 219 g/mol. The fourth-order valence-corrected chi connectivity index (χ4v) is 1.47. The van der Waals surface area contributed by atoms with Crippen molar-refractivity contribution in [2.24, 2.45) is 0 Å². The van der Waals surface area contributed by atoms with Gasteiger partial charge in [-0.15, -0.1) is 0 Å². The maximum absolute atomic E-state index is 13.6. The van der Waals surface area contributed by atoms with E-state index in [1.807, 2.05) is 0 Å². The van der Waals surface area contributed by atoms with Crippen molar-refractivity contribution in [3.05, 3.63) is 12.8 Å². The molecule has 0 aromatic rings. The number of rotatable bonds is 4. The van der Waals surface area contributed by atoms with Crippen molar-refractivity contribution in [2.75, 3.05) is 6.61 Å². The van der Waals surface area contributed by atoms with Gasteiger partial charge < -0.3 is 14.9 Å². The van der Waals surface area contributed by atoms with Crippen LogP contribution in [0.3, 0.4) is 0 Å². The second-order valence-corrected chi connectivity index (χ2v) is 3.60. The van der Waals surface area contributed by atoms with Crippen LogP contribution in [0.25, 0.3) is 0 Å². The number of aliphatic hydroxyl groups excluding tert-OH is 2. The van der Waals surface area contributed by atoms with Crippen LogP contribution >= 0.6 is 0 Å². The average Bonchev–Trinajstić information content (AvgIpc) is 2.47. The number of hydrogen-bond donors (Lipinski definition) is 2. The zero-order chi connectivity index (χ0) is 11.6. The molecule has 0 saturated carbocycles. The topological polar surface area (TPSA) is 70.0 Å². The molecule has 0 bridgehead atoms. The van der Waals surface area contributed by atoms with Gasteiger partial charge in [0, 0.05) is 6.20 Å². The molecule has 4 atom stereocenters. The molecule has 0 aromatic heterocycles. The summed E-state index contributed by atoms with van der Waals surface area (Å²) in [5.74, 6) is 0. The standard InChI is InChI=1S/C9H14FNO4/c1-3-11(5-13)8-6(10)7(14)9(2,4-12)15-8/h3,5-8,12,14H,1,4H2,2H3. The lowest BCUT2D eigenvalue weighted by Crippen LogP contribution is -2.42. The molecule has 1 amide bonds. The Morgan fingerprint density at radius 1 is 1.73 bits per heavy atom. The van der Waals surface area contributed by atoms with Gasteiger partial charge in [0.15, 0.2) is 12.4 Å². The molecule has 5 nitrogen and oxygen atoms in total. The third kappa shape index (κ3) is 1.88. The minimum absolute atomic E-state index is 0.347. The van der Waals surface area contributed by atoms with E-state index in [9.17, 15) is 14.3 Å². The first-order chi connectivity index (χ1) is 7.00. The summed E-state index contributed by atoms with van der Waals surface area (Å²) in [5, 5.41) is 18.5. The second kappa shape index (κ2) is 4.26. The SMILES string of the molecule is C=CN(C=O)C1OC(C)(CO)C(O)C1F. The van der Waals surface area contributed by atoms with Crippen LogP contribution in [0, 0.1) is 0 Å². The summed E-state index contributed by atoms with van der Waals surface area (Å²) in [6.07, 6.45) is -3.05. The molecule has 15 heavy (non-hydrogen) atoms. The number of alkyl halides is 1. The number of halogens is 1. The van der Waals surface area contributed by atoms with E-state index in [0.717, 1.165) is 11.1 Å². The van der Waals surface area contributed by atoms with Gasteiger partial charge in [-0.2, -0.15) is 0 Å². The van der Waals surface area contributed by atoms with E-state index < -0.39 is 30.7 Å². The van der Waals surface area contributed by atoms with Gasteiger partial charge in [0.1, 0.15) is 11.7 Å². The summed E-state index contributed by atoms with van der Waals surface area (Å²) in [7, 11) is 0. The number of aliphatic hydroxyl groups is 2. The Balaban J connectivity index is 2.87. The minimum atomic E-state index is -1.77. The Bertz CT molecular complexity index is 254. The highest BCUT2D eigenvalue weighted by Gasteiger charge is 2.53. The number of amides is 1. The van der Waals surface area contributed by atoms with Gasteiger partial charge in [-0.1, -0.05) is 6.58 Å². The molecule has 0 aliphatic carbocycles. The fourth-order valence-electron chi connectivity index (χ4n) is 1.47. The van der Waals surface area contributed by atoms with E-state index in [2.05, 4.69) is 6.58 Å². The van der Waals surface area contributed by atoms with Crippen LogP contribution in [-0.2, 0) is 9.53 Å². The molecular weight excluding hydrogens is 205 g/mol. The molecule has 0 radical (unpaired) electrons. The van der Waals surface area contributed by atoms with Crippen molar-refractivity contribution >= 4 is 6.41 Å². The van der Waals surface area contributed by atoms with Gasteiger partial charge in [-0.25, -0.2) is 4.39 Å². The first kappa shape index (κ1) is 12.1. The molecule has 1 rings (SSSR count). The van der Waals surface area contributed by atoms with Crippen LogP contribution in [-0.4, -0.2) is 52.2 Å². The first-order valence-electron chi connectivity index (χ1n) is 4.46. The number of nitrogens with zero attached hydrogens (tertiary/aromatic N) is 1. The van der Waals surface area contributed by atoms with Crippen molar-refractivity contribution in [3.63, 3.8) is 0 Å². The minimum Gasteiger partial charge on any atom is -0.393 e. The predicted octanol–water partition coefficient (Wildman–Crippen LogP) is -0.605. The molecule has 0 aromatic carbocycles. The lowest BCUT2D eigenvalue weighted by molar-refractivity contribution is -0.144. The summed E-state index contributed by atoms with van der Waals surface area (Å²) >= 11 is 0. The smallest absolute Gasteiger partial charge is 0.215 e. The summed E-state index contributed by atoms with van der Waals surface area (Å²) in [6.45, 7) is 4.15. The van der Waals surface area contributed by atoms with Crippen LogP contribution < -0.4 is 0 Å². The molecule has 4 unspecified atom stereocenters. The summed E-state index contributed by atoms with van der Waals surface area (Å²) in [4.78, 5) is 11.4. The Morgan fingerprint density at radius 3 is 2.67 bits per heavy atom. The quantitative estimate of drug-likeness (QED) is 0.619. The van der Waals surface area contributed by atoms with E-state index >= 15 is 0 Å². The van der Waals surface area contributed by atoms with Gasteiger partial charge in [0.25, 0.3) is 0 Å². The summed E-state index contributed by atoms with van der Waals surface area (Å²) in [6, 6.07) is 0. The van der Waals surface area contributed by atoms with Gasteiger partial charge in [0.05, 0.1) is 6.61 Å². The number of hydrogen-bond acceptors (Lipinski definition) is 4. The molecule has 86 valence electrons. The van der Waals surface area contributed by atoms with E-state index in [-0.39, 0.29) is 0 Å². The third-order valence-corrected chi connectivity index (χ3v) is 2.53. The van der Waals surface area contributed by atoms with Crippen LogP contribution in [0.5, 0.6) is 0 Å². The van der Waals surface area contributed by atoms with Crippen molar-refractivity contribution in [1.82, 2.24) is 4.90 Å². The maximum atomic E-state index is 13.6. The monoisotopic (exact) mass is 219 g/mol. The fraction of sp³-hybridized carbons (Fsp3) is 0.667. The Morgan fingerprint density at radius 2 is 2.33 bits per heavy atom. The highest BCUT2D eigenvalue weighted by atomic mass is 19.1. The lowest BCUT2D eigenvalue weighted by atomic mass is 9.99. The van der Waals surface area contributed by atoms with E-state index in [4.69, 9.17) is 9.84 Å². The van der Waals surface area contributed by atoms with Crippen molar-refractivity contribution in [3.8, 4) is 0 Å². The normalized spacial score (nSPS) is 40.1. The highest BCUT2D eigenvalue weighted by molar-refractivity contribution is 5.49. The van der Waals surface area contributed by atoms with Crippen LogP contribution in [0.2, 0.25) is 0 Å². The maximum Gasteiger partial charge on any atom is 0.215 e. The number of ether oxygens (including phenoxy) is 1. The van der Waals surface area contributed by atoms with Crippen molar-refractivity contribution in [1.29, 1.82) is 0 Å². The molecule has 1 aliphatic rings. The lowest BCUT2D eigenvalue weighted by Gasteiger charge is -2.25. The largest absolute Gasteiger partial charge is 0.393 e. The summed E-state index contributed by atoms with van der Waals surface area (Å²) in [5.41, 5.74) is -1.39. The Kier molecular flexibility index (Phi) is 3.43. The zero-order valence-corrected chi connectivity index (χ0v) is 8.34. The Hall–Kier alpha value is -0.980. The van der Waals surface area contributed by atoms with Crippen LogP contribution in [0.4, 0.5) is 4.39 Å². The van der Waals surface area contributed by atoms with Gasteiger partial charge in [0.2, 0.25) is 6.41 Å². The van der Waals surface area contributed by atoms with E-state index in [0.29, 0.717) is 6.41 Å². The first-order valence-corrected chi connectivity index (χ1v) is 4.46. The van der Waals surface area contributed by atoms with E-state index in [1.54, 1.807) is 0 Å². The number of carbonyl (C=O) groups is 1.